The zero-order valence-electron chi connectivity index (χ0n) is 9.43. The molecule has 1 unspecified atom stereocenters. The number of ether oxygens (including phenoxy) is 2. The van der Waals surface area contributed by atoms with E-state index < -0.39 is 22.0 Å². The normalized spacial score (nSPS) is 23.6. The highest BCUT2D eigenvalue weighted by Crippen LogP contribution is 2.18. The van der Waals surface area contributed by atoms with Gasteiger partial charge in [0.15, 0.2) is 16.1 Å². The predicted molar refractivity (Wildman–Crippen MR) is 57.6 cm³/mol. The Morgan fingerprint density at radius 3 is 2.50 bits per heavy atom. The quantitative estimate of drug-likeness (QED) is 0.644. The number of rotatable bonds is 5. The standard InChI is InChI=1S/C9H17NO5S/c1-14-8(15-2)5-10-9(11)7-3-4-16(12,13)6-7/h7-8H,3-6H2,1-2H3,(H,10,11). The van der Waals surface area contributed by atoms with Crippen LogP contribution >= 0.6 is 0 Å². The van der Waals surface area contributed by atoms with Crippen LogP contribution in [0, 0.1) is 5.92 Å². The summed E-state index contributed by atoms with van der Waals surface area (Å²) in [5.41, 5.74) is 0. The Morgan fingerprint density at radius 2 is 2.06 bits per heavy atom. The van der Waals surface area contributed by atoms with Gasteiger partial charge in [-0.05, 0) is 6.42 Å². The van der Waals surface area contributed by atoms with E-state index in [1.54, 1.807) is 0 Å². The van der Waals surface area contributed by atoms with Crippen molar-refractivity contribution in [2.75, 3.05) is 32.3 Å². The molecule has 1 aliphatic rings. The van der Waals surface area contributed by atoms with Crippen LogP contribution in [0.2, 0.25) is 0 Å². The minimum atomic E-state index is -3.01. The van der Waals surface area contributed by atoms with Crippen LogP contribution in [0.1, 0.15) is 6.42 Å². The molecule has 94 valence electrons. The van der Waals surface area contributed by atoms with E-state index in [4.69, 9.17) is 9.47 Å². The SMILES string of the molecule is COC(CNC(=O)C1CCS(=O)(=O)C1)OC. The second kappa shape index (κ2) is 5.60. The summed E-state index contributed by atoms with van der Waals surface area (Å²) in [5.74, 6) is -0.633. The summed E-state index contributed by atoms with van der Waals surface area (Å²) in [5, 5.41) is 2.61. The van der Waals surface area contributed by atoms with Crippen molar-refractivity contribution in [1.29, 1.82) is 0 Å². The van der Waals surface area contributed by atoms with Gasteiger partial charge in [0.05, 0.1) is 24.0 Å². The van der Waals surface area contributed by atoms with Crippen LogP contribution in [0.4, 0.5) is 0 Å². The highest BCUT2D eigenvalue weighted by molar-refractivity contribution is 7.91. The average molecular weight is 251 g/mol. The number of nitrogens with one attached hydrogen (secondary N) is 1. The van der Waals surface area contributed by atoms with Crippen molar-refractivity contribution >= 4 is 15.7 Å². The number of amides is 1. The summed E-state index contributed by atoms with van der Waals surface area (Å²) in [7, 11) is -0.0684. The van der Waals surface area contributed by atoms with Gasteiger partial charge < -0.3 is 14.8 Å². The van der Waals surface area contributed by atoms with E-state index in [9.17, 15) is 13.2 Å². The molecule has 0 spiro atoms. The van der Waals surface area contributed by atoms with Crippen LogP contribution < -0.4 is 5.32 Å². The Balaban J connectivity index is 2.36. The van der Waals surface area contributed by atoms with Gasteiger partial charge in [0.25, 0.3) is 0 Å². The van der Waals surface area contributed by atoms with Crippen molar-refractivity contribution in [2.45, 2.75) is 12.7 Å². The lowest BCUT2D eigenvalue weighted by molar-refractivity contribution is -0.130. The van der Waals surface area contributed by atoms with Gasteiger partial charge in [-0.2, -0.15) is 0 Å². The average Bonchev–Trinajstić information content (AvgIpc) is 2.60. The Bertz CT molecular complexity index is 336. The van der Waals surface area contributed by atoms with Gasteiger partial charge in [0, 0.05) is 14.2 Å². The lowest BCUT2D eigenvalue weighted by Crippen LogP contribution is -2.38. The summed E-state index contributed by atoms with van der Waals surface area (Å²) in [6.45, 7) is 0.225. The van der Waals surface area contributed by atoms with Crippen LogP contribution in [0.15, 0.2) is 0 Å². The summed E-state index contributed by atoms with van der Waals surface area (Å²) in [4.78, 5) is 11.6. The zero-order valence-corrected chi connectivity index (χ0v) is 10.2. The molecule has 0 saturated carbocycles. The van der Waals surface area contributed by atoms with Gasteiger partial charge >= 0.3 is 0 Å². The van der Waals surface area contributed by atoms with E-state index in [1.165, 1.54) is 14.2 Å². The van der Waals surface area contributed by atoms with E-state index in [0.29, 0.717) is 6.42 Å². The molecule has 7 heteroatoms. The number of sulfone groups is 1. The molecule has 0 bridgehead atoms. The molecule has 1 fully saturated rings. The van der Waals surface area contributed by atoms with Crippen molar-refractivity contribution in [3.05, 3.63) is 0 Å². The topological polar surface area (TPSA) is 81.7 Å². The zero-order chi connectivity index (χ0) is 12.2. The fourth-order valence-electron chi connectivity index (χ4n) is 1.59. The molecule has 1 aliphatic heterocycles. The molecule has 0 aromatic carbocycles. The molecule has 1 N–H and O–H groups in total. The van der Waals surface area contributed by atoms with Gasteiger partial charge in [-0.1, -0.05) is 0 Å². The van der Waals surface area contributed by atoms with Crippen molar-refractivity contribution in [2.24, 2.45) is 5.92 Å². The summed E-state index contributed by atoms with van der Waals surface area (Å²) >= 11 is 0. The van der Waals surface area contributed by atoms with Crippen LogP contribution in [0.3, 0.4) is 0 Å². The maximum atomic E-state index is 11.6. The molecule has 6 nitrogen and oxygen atoms in total. The maximum Gasteiger partial charge on any atom is 0.224 e. The largest absolute Gasteiger partial charge is 0.354 e. The third-order valence-electron chi connectivity index (χ3n) is 2.57. The molecule has 1 rings (SSSR count). The molecule has 1 heterocycles. The lowest BCUT2D eigenvalue weighted by atomic mass is 10.1. The van der Waals surface area contributed by atoms with E-state index in [1.807, 2.05) is 0 Å². The number of hydrogen-bond acceptors (Lipinski definition) is 5. The Hall–Kier alpha value is -0.660. The molecule has 1 amide bonds. The van der Waals surface area contributed by atoms with E-state index in [-0.39, 0.29) is 24.0 Å². The second-order valence-corrected chi connectivity index (χ2v) is 5.97. The molecule has 0 aliphatic carbocycles. The fourth-order valence-corrected chi connectivity index (χ4v) is 3.33. The first-order chi connectivity index (χ1) is 7.48. The first kappa shape index (κ1) is 13.4. The van der Waals surface area contributed by atoms with Crippen LogP contribution in [0.25, 0.3) is 0 Å². The number of carbonyl (C=O) groups excluding carboxylic acids is 1. The molecule has 0 aromatic rings. The predicted octanol–water partition coefficient (Wildman–Crippen LogP) is -0.844. The van der Waals surface area contributed by atoms with Crippen molar-refractivity contribution in [3.63, 3.8) is 0 Å². The van der Waals surface area contributed by atoms with E-state index in [2.05, 4.69) is 5.32 Å². The van der Waals surface area contributed by atoms with Crippen LogP contribution in [0.5, 0.6) is 0 Å². The third kappa shape index (κ3) is 3.73. The van der Waals surface area contributed by atoms with Gasteiger partial charge in [0.2, 0.25) is 5.91 Å². The smallest absolute Gasteiger partial charge is 0.224 e. The van der Waals surface area contributed by atoms with Crippen LogP contribution in [-0.4, -0.2) is 52.9 Å². The van der Waals surface area contributed by atoms with Gasteiger partial charge in [-0.3, -0.25) is 4.79 Å². The molecule has 0 aromatic heterocycles. The molecule has 1 saturated heterocycles. The third-order valence-corrected chi connectivity index (χ3v) is 4.34. The fraction of sp³-hybridized carbons (Fsp3) is 0.889. The minimum Gasteiger partial charge on any atom is -0.354 e. The van der Waals surface area contributed by atoms with Crippen molar-refractivity contribution < 1.29 is 22.7 Å². The number of carbonyl (C=O) groups is 1. The Morgan fingerprint density at radius 1 is 1.44 bits per heavy atom. The summed E-state index contributed by atoms with van der Waals surface area (Å²) in [6.07, 6.45) is -0.0966. The van der Waals surface area contributed by atoms with Crippen LogP contribution in [-0.2, 0) is 24.1 Å². The van der Waals surface area contributed by atoms with Crippen molar-refractivity contribution in [3.8, 4) is 0 Å². The van der Waals surface area contributed by atoms with Gasteiger partial charge in [0.1, 0.15) is 0 Å². The van der Waals surface area contributed by atoms with Gasteiger partial charge in [-0.15, -0.1) is 0 Å². The second-order valence-electron chi connectivity index (χ2n) is 3.75. The van der Waals surface area contributed by atoms with Gasteiger partial charge in [-0.25, -0.2) is 8.42 Å². The first-order valence-electron chi connectivity index (χ1n) is 5.02. The molecular formula is C9H17NO5S. The Kier molecular flexibility index (Phi) is 4.69. The molecule has 16 heavy (non-hydrogen) atoms. The number of methoxy groups -OCH3 is 2. The summed E-state index contributed by atoms with van der Waals surface area (Å²) in [6, 6.07) is 0. The highest BCUT2D eigenvalue weighted by atomic mass is 32.2. The molecule has 0 radical (unpaired) electrons. The minimum absolute atomic E-state index is 0.0521. The lowest BCUT2D eigenvalue weighted by Gasteiger charge is -2.15. The summed E-state index contributed by atoms with van der Waals surface area (Å²) < 4.78 is 32.1. The Labute approximate surface area is 95.2 Å². The monoisotopic (exact) mass is 251 g/mol. The highest BCUT2D eigenvalue weighted by Gasteiger charge is 2.32. The van der Waals surface area contributed by atoms with E-state index in [0.717, 1.165) is 0 Å². The molecule has 1 atom stereocenters. The van der Waals surface area contributed by atoms with E-state index >= 15 is 0 Å². The maximum absolute atomic E-state index is 11.6. The number of hydrogen-bond donors (Lipinski definition) is 1. The first-order valence-corrected chi connectivity index (χ1v) is 6.84. The molecular weight excluding hydrogens is 234 g/mol. The van der Waals surface area contributed by atoms with Crippen molar-refractivity contribution in [1.82, 2.24) is 5.32 Å².